The lowest BCUT2D eigenvalue weighted by Gasteiger charge is -2.02. The molecule has 0 aromatic carbocycles. The maximum atomic E-state index is 11.1. The second kappa shape index (κ2) is 6.24. The number of amides is 2. The highest BCUT2D eigenvalue weighted by molar-refractivity contribution is 6.35. The Morgan fingerprint density at radius 3 is 2.75 bits per heavy atom. The fraction of sp³-hybridized carbons (Fsp3) is 0.300. The molecule has 1 aromatic heterocycles. The van der Waals surface area contributed by atoms with Crippen LogP contribution in [0.1, 0.15) is 5.76 Å². The van der Waals surface area contributed by atoms with E-state index in [1.54, 1.807) is 18.2 Å². The number of carbonyl (C=O) groups is 2. The van der Waals surface area contributed by atoms with Crippen molar-refractivity contribution in [2.24, 2.45) is 0 Å². The topological polar surface area (TPSA) is 95.1 Å². The predicted molar refractivity (Wildman–Crippen MR) is 54.0 cm³/mol. The van der Waals surface area contributed by atoms with Gasteiger partial charge in [0.05, 0.1) is 12.3 Å². The first-order valence-electron chi connectivity index (χ1n) is 4.69. The first-order valence-corrected chi connectivity index (χ1v) is 4.69. The SMILES string of the molecule is N#CCNC(=O)C(=O)NCCc1ccco1. The van der Waals surface area contributed by atoms with Crippen molar-refractivity contribution >= 4 is 11.8 Å². The van der Waals surface area contributed by atoms with E-state index in [9.17, 15) is 9.59 Å². The van der Waals surface area contributed by atoms with Crippen LogP contribution in [0.5, 0.6) is 0 Å². The number of furan rings is 1. The summed E-state index contributed by atoms with van der Waals surface area (Å²) >= 11 is 0. The van der Waals surface area contributed by atoms with E-state index in [-0.39, 0.29) is 6.54 Å². The number of nitriles is 1. The molecule has 1 rings (SSSR count). The van der Waals surface area contributed by atoms with Gasteiger partial charge in [-0.2, -0.15) is 5.26 Å². The second-order valence-electron chi connectivity index (χ2n) is 2.93. The fourth-order valence-corrected chi connectivity index (χ4v) is 1.03. The van der Waals surface area contributed by atoms with Gasteiger partial charge in [0.15, 0.2) is 0 Å². The Labute approximate surface area is 92.2 Å². The van der Waals surface area contributed by atoms with Crippen molar-refractivity contribution in [2.75, 3.05) is 13.1 Å². The lowest BCUT2D eigenvalue weighted by atomic mass is 10.3. The maximum Gasteiger partial charge on any atom is 0.310 e. The zero-order valence-electron chi connectivity index (χ0n) is 8.53. The summed E-state index contributed by atoms with van der Waals surface area (Å²) in [6.07, 6.45) is 2.06. The van der Waals surface area contributed by atoms with Crippen molar-refractivity contribution in [3.05, 3.63) is 24.2 Å². The molecule has 6 nitrogen and oxygen atoms in total. The van der Waals surface area contributed by atoms with Gasteiger partial charge in [-0.3, -0.25) is 9.59 Å². The Morgan fingerprint density at radius 2 is 2.12 bits per heavy atom. The van der Waals surface area contributed by atoms with E-state index < -0.39 is 11.8 Å². The van der Waals surface area contributed by atoms with Crippen LogP contribution in [0, 0.1) is 11.3 Å². The number of hydrogen-bond donors (Lipinski definition) is 2. The summed E-state index contributed by atoms with van der Waals surface area (Å²) < 4.78 is 5.05. The molecule has 0 radical (unpaired) electrons. The van der Waals surface area contributed by atoms with Gasteiger partial charge < -0.3 is 15.1 Å². The van der Waals surface area contributed by atoms with Gasteiger partial charge in [-0.15, -0.1) is 0 Å². The molecule has 0 atom stereocenters. The standard InChI is InChI=1S/C10H11N3O3/c11-4-6-13-10(15)9(14)12-5-3-8-2-1-7-16-8/h1-2,7H,3,5-6H2,(H,12,14)(H,13,15). The zero-order chi connectivity index (χ0) is 11.8. The first kappa shape index (κ1) is 11.8. The molecule has 0 aliphatic carbocycles. The number of hydrogen-bond acceptors (Lipinski definition) is 4. The van der Waals surface area contributed by atoms with Crippen LogP contribution in [-0.4, -0.2) is 24.9 Å². The minimum atomic E-state index is -0.805. The molecule has 84 valence electrons. The summed E-state index contributed by atoms with van der Waals surface area (Å²) in [5.41, 5.74) is 0. The highest BCUT2D eigenvalue weighted by atomic mass is 16.3. The molecule has 16 heavy (non-hydrogen) atoms. The van der Waals surface area contributed by atoms with Crippen molar-refractivity contribution in [3.63, 3.8) is 0 Å². The molecule has 0 saturated carbocycles. The van der Waals surface area contributed by atoms with Crippen molar-refractivity contribution in [3.8, 4) is 6.07 Å². The molecule has 0 aliphatic rings. The Kier molecular flexibility index (Phi) is 4.60. The molecule has 0 fully saturated rings. The van der Waals surface area contributed by atoms with Crippen molar-refractivity contribution in [1.29, 1.82) is 5.26 Å². The van der Waals surface area contributed by atoms with Crippen LogP contribution in [-0.2, 0) is 16.0 Å². The van der Waals surface area contributed by atoms with Gasteiger partial charge in [-0.05, 0) is 12.1 Å². The van der Waals surface area contributed by atoms with Crippen molar-refractivity contribution in [1.82, 2.24) is 10.6 Å². The molecule has 6 heteroatoms. The second-order valence-corrected chi connectivity index (χ2v) is 2.93. The van der Waals surface area contributed by atoms with Crippen LogP contribution in [0.2, 0.25) is 0 Å². The van der Waals surface area contributed by atoms with E-state index in [2.05, 4.69) is 10.6 Å². The van der Waals surface area contributed by atoms with Gasteiger partial charge in [-0.25, -0.2) is 0 Å². The van der Waals surface area contributed by atoms with Crippen molar-refractivity contribution < 1.29 is 14.0 Å². The van der Waals surface area contributed by atoms with Crippen LogP contribution >= 0.6 is 0 Å². The molecule has 1 heterocycles. The lowest BCUT2D eigenvalue weighted by molar-refractivity contribution is -0.139. The van der Waals surface area contributed by atoms with Gasteiger partial charge >= 0.3 is 11.8 Å². The third-order valence-corrected chi connectivity index (χ3v) is 1.77. The molecule has 1 aromatic rings. The Bertz CT molecular complexity index is 392. The number of rotatable bonds is 4. The van der Waals surface area contributed by atoms with Gasteiger partial charge in [0.2, 0.25) is 0 Å². The largest absolute Gasteiger partial charge is 0.469 e. The maximum absolute atomic E-state index is 11.1. The van der Waals surface area contributed by atoms with Gasteiger partial charge in [0.1, 0.15) is 12.3 Å². The number of nitrogens with zero attached hydrogens (tertiary/aromatic N) is 1. The van der Waals surface area contributed by atoms with Crippen LogP contribution in [0.25, 0.3) is 0 Å². The molecule has 0 unspecified atom stereocenters. The van der Waals surface area contributed by atoms with E-state index >= 15 is 0 Å². The van der Waals surface area contributed by atoms with Crippen LogP contribution in [0.15, 0.2) is 22.8 Å². The predicted octanol–water partition coefficient (Wildman–Crippen LogP) is -0.422. The molecule has 0 bridgehead atoms. The quantitative estimate of drug-likeness (QED) is 0.533. The fourth-order valence-electron chi connectivity index (χ4n) is 1.03. The minimum Gasteiger partial charge on any atom is -0.469 e. The summed E-state index contributed by atoms with van der Waals surface area (Å²) in [7, 11) is 0. The Hall–Kier alpha value is -2.29. The van der Waals surface area contributed by atoms with Gasteiger partial charge in [0.25, 0.3) is 0 Å². The number of carbonyl (C=O) groups excluding carboxylic acids is 2. The lowest BCUT2D eigenvalue weighted by Crippen LogP contribution is -2.40. The van der Waals surface area contributed by atoms with Gasteiger partial charge in [0, 0.05) is 13.0 Å². The van der Waals surface area contributed by atoms with E-state index in [1.807, 2.05) is 0 Å². The van der Waals surface area contributed by atoms with E-state index in [1.165, 1.54) is 6.26 Å². The Morgan fingerprint density at radius 1 is 1.38 bits per heavy atom. The van der Waals surface area contributed by atoms with Crippen LogP contribution in [0.4, 0.5) is 0 Å². The molecule has 0 spiro atoms. The normalized spacial score (nSPS) is 9.19. The summed E-state index contributed by atoms with van der Waals surface area (Å²) in [6.45, 7) is 0.136. The molecule has 0 aliphatic heterocycles. The average molecular weight is 221 g/mol. The third kappa shape index (κ3) is 3.84. The van der Waals surface area contributed by atoms with Crippen LogP contribution < -0.4 is 10.6 Å². The first-order chi connectivity index (χ1) is 7.74. The highest BCUT2D eigenvalue weighted by Crippen LogP contribution is 1.99. The average Bonchev–Trinajstić information content (AvgIpc) is 2.78. The summed E-state index contributed by atoms with van der Waals surface area (Å²) in [5.74, 6) is -0.819. The molecular weight excluding hydrogens is 210 g/mol. The minimum absolute atomic E-state index is 0.176. The van der Waals surface area contributed by atoms with E-state index in [0.29, 0.717) is 13.0 Å². The zero-order valence-corrected chi connectivity index (χ0v) is 8.53. The van der Waals surface area contributed by atoms with Crippen LogP contribution in [0.3, 0.4) is 0 Å². The summed E-state index contributed by atoms with van der Waals surface area (Å²) in [6, 6.07) is 5.23. The third-order valence-electron chi connectivity index (χ3n) is 1.77. The summed E-state index contributed by atoms with van der Waals surface area (Å²) in [4.78, 5) is 22.1. The molecular formula is C10H11N3O3. The highest BCUT2D eigenvalue weighted by Gasteiger charge is 2.11. The molecule has 2 N–H and O–H groups in total. The summed E-state index contributed by atoms with van der Waals surface area (Å²) in [5, 5.41) is 12.7. The van der Waals surface area contributed by atoms with E-state index in [4.69, 9.17) is 9.68 Å². The monoisotopic (exact) mass is 221 g/mol. The van der Waals surface area contributed by atoms with Crippen molar-refractivity contribution in [2.45, 2.75) is 6.42 Å². The molecule has 0 saturated heterocycles. The Balaban J connectivity index is 2.20. The smallest absolute Gasteiger partial charge is 0.310 e. The van der Waals surface area contributed by atoms with E-state index in [0.717, 1.165) is 5.76 Å². The molecule has 2 amide bonds. The number of nitrogens with one attached hydrogen (secondary N) is 2. The van der Waals surface area contributed by atoms with Gasteiger partial charge in [-0.1, -0.05) is 0 Å².